The standard InChI is InChI=1S/C18H23NS/c1-2-19-10-15-12-7-8-13(9-12)18(15)16-11-20-17-6-4-3-5-14(16)17/h3-6,11-13,15,18-19H,2,7-10H2,1H3. The molecule has 0 spiro atoms. The zero-order valence-electron chi connectivity index (χ0n) is 12.1. The van der Waals surface area contributed by atoms with E-state index in [0.29, 0.717) is 0 Å². The summed E-state index contributed by atoms with van der Waals surface area (Å²) in [5, 5.41) is 7.60. The van der Waals surface area contributed by atoms with Crippen molar-refractivity contribution in [3.05, 3.63) is 35.2 Å². The van der Waals surface area contributed by atoms with Gasteiger partial charge in [0.1, 0.15) is 0 Å². The lowest BCUT2D eigenvalue weighted by Crippen LogP contribution is -2.31. The van der Waals surface area contributed by atoms with Crippen LogP contribution in [0.15, 0.2) is 29.6 Å². The van der Waals surface area contributed by atoms with E-state index in [4.69, 9.17) is 0 Å². The van der Waals surface area contributed by atoms with Gasteiger partial charge in [-0.2, -0.15) is 0 Å². The Morgan fingerprint density at radius 2 is 2.05 bits per heavy atom. The van der Waals surface area contributed by atoms with Gasteiger partial charge in [-0.25, -0.2) is 0 Å². The van der Waals surface area contributed by atoms with E-state index in [2.05, 4.69) is 41.9 Å². The SMILES string of the molecule is CCNCC1C2CCC(C2)C1c1csc2ccccc12. The summed E-state index contributed by atoms with van der Waals surface area (Å²) < 4.78 is 1.47. The molecule has 4 atom stereocenters. The van der Waals surface area contributed by atoms with Crippen LogP contribution in [0.25, 0.3) is 10.1 Å². The van der Waals surface area contributed by atoms with E-state index in [9.17, 15) is 0 Å². The molecule has 1 aromatic heterocycles. The van der Waals surface area contributed by atoms with Crippen molar-refractivity contribution in [2.75, 3.05) is 13.1 Å². The fourth-order valence-corrected chi connectivity index (χ4v) is 5.76. The van der Waals surface area contributed by atoms with Crippen LogP contribution in [0.4, 0.5) is 0 Å². The maximum atomic E-state index is 3.62. The maximum Gasteiger partial charge on any atom is 0.0345 e. The molecule has 1 nitrogen and oxygen atoms in total. The molecule has 2 aromatic rings. The zero-order valence-corrected chi connectivity index (χ0v) is 13.0. The molecule has 0 amide bonds. The molecule has 2 aliphatic carbocycles. The van der Waals surface area contributed by atoms with Gasteiger partial charge in [-0.15, -0.1) is 11.3 Å². The lowest BCUT2D eigenvalue weighted by molar-refractivity contribution is 0.280. The molecule has 1 heterocycles. The number of benzene rings is 1. The molecular formula is C18H23NS. The fraction of sp³-hybridized carbons (Fsp3) is 0.556. The largest absolute Gasteiger partial charge is 0.317 e. The molecule has 0 radical (unpaired) electrons. The number of fused-ring (bicyclic) bond motifs is 3. The molecule has 20 heavy (non-hydrogen) atoms. The Labute approximate surface area is 125 Å². The van der Waals surface area contributed by atoms with Crippen LogP contribution in [0, 0.1) is 17.8 Å². The van der Waals surface area contributed by atoms with Crippen LogP contribution in [-0.4, -0.2) is 13.1 Å². The molecule has 4 rings (SSSR count). The lowest BCUT2D eigenvalue weighted by Gasteiger charge is -2.31. The summed E-state index contributed by atoms with van der Waals surface area (Å²) in [6.45, 7) is 4.54. The molecule has 2 aliphatic rings. The highest BCUT2D eigenvalue weighted by atomic mass is 32.1. The third-order valence-corrected chi connectivity index (χ3v) is 6.57. The molecule has 2 bridgehead atoms. The van der Waals surface area contributed by atoms with Crippen LogP contribution in [-0.2, 0) is 0 Å². The molecular weight excluding hydrogens is 262 g/mol. The highest BCUT2D eigenvalue weighted by Gasteiger charge is 2.48. The first-order valence-corrected chi connectivity index (χ1v) is 8.93. The second-order valence-electron chi connectivity index (χ2n) is 6.52. The predicted molar refractivity (Wildman–Crippen MR) is 87.4 cm³/mol. The summed E-state index contributed by atoms with van der Waals surface area (Å²) in [4.78, 5) is 0. The van der Waals surface area contributed by atoms with Gasteiger partial charge in [0.15, 0.2) is 0 Å². The van der Waals surface area contributed by atoms with Gasteiger partial charge in [-0.05, 0) is 78.4 Å². The summed E-state index contributed by atoms with van der Waals surface area (Å²) >= 11 is 1.93. The zero-order chi connectivity index (χ0) is 13.5. The summed E-state index contributed by atoms with van der Waals surface area (Å²) in [6.07, 6.45) is 4.41. The summed E-state index contributed by atoms with van der Waals surface area (Å²) in [5.41, 5.74) is 1.65. The van der Waals surface area contributed by atoms with E-state index >= 15 is 0 Å². The highest BCUT2D eigenvalue weighted by Crippen LogP contribution is 2.57. The summed E-state index contributed by atoms with van der Waals surface area (Å²) in [5.74, 6) is 3.60. The van der Waals surface area contributed by atoms with E-state index in [1.165, 1.54) is 35.9 Å². The van der Waals surface area contributed by atoms with Crippen LogP contribution in [0.1, 0.15) is 37.7 Å². The van der Waals surface area contributed by atoms with Crippen LogP contribution in [0.5, 0.6) is 0 Å². The minimum Gasteiger partial charge on any atom is -0.317 e. The smallest absolute Gasteiger partial charge is 0.0345 e. The van der Waals surface area contributed by atoms with E-state index in [-0.39, 0.29) is 0 Å². The van der Waals surface area contributed by atoms with Crippen LogP contribution >= 0.6 is 11.3 Å². The monoisotopic (exact) mass is 285 g/mol. The molecule has 1 N–H and O–H groups in total. The second-order valence-corrected chi connectivity index (χ2v) is 7.43. The van der Waals surface area contributed by atoms with E-state index < -0.39 is 0 Å². The van der Waals surface area contributed by atoms with Crippen molar-refractivity contribution in [2.45, 2.75) is 32.1 Å². The topological polar surface area (TPSA) is 12.0 Å². The molecule has 2 fully saturated rings. The van der Waals surface area contributed by atoms with Crippen LogP contribution in [0.3, 0.4) is 0 Å². The normalized spacial score (nSPS) is 32.2. The number of rotatable bonds is 4. The van der Waals surface area contributed by atoms with Gasteiger partial charge in [0.2, 0.25) is 0 Å². The first-order chi connectivity index (χ1) is 9.88. The summed E-state index contributed by atoms with van der Waals surface area (Å²) in [7, 11) is 0. The summed E-state index contributed by atoms with van der Waals surface area (Å²) in [6, 6.07) is 8.97. The molecule has 0 aliphatic heterocycles. The Morgan fingerprint density at radius 3 is 2.95 bits per heavy atom. The Balaban J connectivity index is 1.72. The van der Waals surface area contributed by atoms with Crippen molar-refractivity contribution < 1.29 is 0 Å². The fourth-order valence-electron chi connectivity index (χ4n) is 4.76. The Kier molecular flexibility index (Phi) is 3.31. The van der Waals surface area contributed by atoms with Crippen molar-refractivity contribution in [3.8, 4) is 0 Å². The first-order valence-electron chi connectivity index (χ1n) is 8.05. The average molecular weight is 285 g/mol. The quantitative estimate of drug-likeness (QED) is 0.863. The minimum absolute atomic E-state index is 0.809. The molecule has 106 valence electrons. The van der Waals surface area contributed by atoms with E-state index in [0.717, 1.165) is 30.2 Å². The number of nitrogens with one attached hydrogen (secondary N) is 1. The Morgan fingerprint density at radius 1 is 1.20 bits per heavy atom. The van der Waals surface area contributed by atoms with Crippen LogP contribution < -0.4 is 5.32 Å². The van der Waals surface area contributed by atoms with E-state index in [1.807, 2.05) is 11.3 Å². The third-order valence-electron chi connectivity index (χ3n) is 5.59. The van der Waals surface area contributed by atoms with Crippen molar-refractivity contribution in [2.24, 2.45) is 17.8 Å². The van der Waals surface area contributed by atoms with E-state index in [1.54, 1.807) is 5.56 Å². The Hall–Kier alpha value is -0.860. The van der Waals surface area contributed by atoms with Crippen molar-refractivity contribution in [1.82, 2.24) is 5.32 Å². The van der Waals surface area contributed by atoms with Gasteiger partial charge >= 0.3 is 0 Å². The first kappa shape index (κ1) is 12.8. The lowest BCUT2D eigenvalue weighted by atomic mass is 9.75. The van der Waals surface area contributed by atoms with Crippen molar-refractivity contribution in [3.63, 3.8) is 0 Å². The molecule has 4 unspecified atom stereocenters. The number of hydrogen-bond donors (Lipinski definition) is 1. The number of hydrogen-bond acceptors (Lipinski definition) is 2. The van der Waals surface area contributed by atoms with Gasteiger partial charge in [-0.1, -0.05) is 25.1 Å². The molecule has 2 heteroatoms. The van der Waals surface area contributed by atoms with Crippen molar-refractivity contribution >= 4 is 21.4 Å². The van der Waals surface area contributed by atoms with Crippen molar-refractivity contribution in [1.29, 1.82) is 0 Å². The second kappa shape index (κ2) is 5.16. The highest BCUT2D eigenvalue weighted by molar-refractivity contribution is 7.17. The van der Waals surface area contributed by atoms with Gasteiger partial charge in [0.05, 0.1) is 0 Å². The molecule has 0 saturated heterocycles. The average Bonchev–Trinajstić information content (AvgIpc) is 3.18. The third kappa shape index (κ3) is 1.93. The minimum atomic E-state index is 0.809. The van der Waals surface area contributed by atoms with Crippen LogP contribution in [0.2, 0.25) is 0 Å². The predicted octanol–water partition coefficient (Wildman–Crippen LogP) is 4.64. The van der Waals surface area contributed by atoms with Gasteiger partial charge in [0, 0.05) is 4.70 Å². The van der Waals surface area contributed by atoms with Gasteiger partial charge in [0.25, 0.3) is 0 Å². The Bertz CT molecular complexity index is 602. The number of thiophene rings is 1. The molecule has 2 saturated carbocycles. The van der Waals surface area contributed by atoms with Gasteiger partial charge in [-0.3, -0.25) is 0 Å². The maximum absolute atomic E-state index is 3.62. The van der Waals surface area contributed by atoms with Gasteiger partial charge < -0.3 is 5.32 Å². The molecule has 1 aromatic carbocycles.